The Morgan fingerprint density at radius 2 is 2.21 bits per heavy atom. The smallest absolute Gasteiger partial charge is 0.374 e. The van der Waals surface area contributed by atoms with Crippen molar-refractivity contribution in [2.75, 3.05) is 5.73 Å². The lowest BCUT2D eigenvalue weighted by atomic mass is 10.2. The zero-order valence-corrected chi connectivity index (χ0v) is 10.8. The van der Waals surface area contributed by atoms with Crippen LogP contribution in [0.25, 0.3) is 11.0 Å². The fourth-order valence-electron chi connectivity index (χ4n) is 1.76. The normalized spacial score (nSPS) is 10.7. The highest BCUT2D eigenvalue weighted by molar-refractivity contribution is 7.09. The summed E-state index contributed by atoms with van der Waals surface area (Å²) >= 11 is 1.54. The summed E-state index contributed by atoms with van der Waals surface area (Å²) in [6, 6.07) is 10.7. The van der Waals surface area contributed by atoms with E-state index in [1.807, 2.05) is 17.5 Å². The molecule has 0 radical (unpaired) electrons. The molecule has 3 rings (SSSR count). The Morgan fingerprint density at radius 3 is 3.00 bits per heavy atom. The lowest BCUT2D eigenvalue weighted by Crippen LogP contribution is -2.02. The van der Waals surface area contributed by atoms with Gasteiger partial charge in [0.05, 0.1) is 0 Å². The van der Waals surface area contributed by atoms with E-state index in [1.165, 1.54) is 0 Å². The topological polar surface area (TPSA) is 65.5 Å². The molecule has 2 N–H and O–H groups in total. The number of rotatable bonds is 3. The molecule has 96 valence electrons. The monoisotopic (exact) mass is 273 g/mol. The Morgan fingerprint density at radius 1 is 1.32 bits per heavy atom. The number of esters is 1. The van der Waals surface area contributed by atoms with Gasteiger partial charge >= 0.3 is 5.97 Å². The van der Waals surface area contributed by atoms with E-state index in [-0.39, 0.29) is 12.4 Å². The van der Waals surface area contributed by atoms with E-state index in [2.05, 4.69) is 0 Å². The number of carbonyl (C=O) groups excluding carboxylic acids is 1. The van der Waals surface area contributed by atoms with Gasteiger partial charge in [0.25, 0.3) is 0 Å². The molecule has 0 atom stereocenters. The quantitative estimate of drug-likeness (QED) is 0.586. The number of nitrogen functional groups attached to an aromatic ring is 1. The number of nitrogens with two attached hydrogens (primary N) is 1. The molecular weight excluding hydrogens is 262 g/mol. The van der Waals surface area contributed by atoms with E-state index in [9.17, 15) is 4.79 Å². The predicted octanol–water partition coefficient (Wildman–Crippen LogP) is 3.43. The lowest BCUT2D eigenvalue weighted by Gasteiger charge is -1.99. The summed E-state index contributed by atoms with van der Waals surface area (Å²) in [5.41, 5.74) is 6.93. The Balaban J connectivity index is 1.77. The third kappa shape index (κ3) is 2.46. The van der Waals surface area contributed by atoms with E-state index < -0.39 is 5.97 Å². The van der Waals surface area contributed by atoms with Gasteiger partial charge in [-0.3, -0.25) is 0 Å². The number of furan rings is 1. The van der Waals surface area contributed by atoms with Crippen molar-refractivity contribution in [3.63, 3.8) is 0 Å². The fraction of sp³-hybridized carbons (Fsp3) is 0.0714. The average molecular weight is 273 g/mol. The molecule has 0 fully saturated rings. The van der Waals surface area contributed by atoms with Crippen LogP contribution >= 0.6 is 11.3 Å². The van der Waals surface area contributed by atoms with Crippen molar-refractivity contribution in [3.8, 4) is 0 Å². The third-order valence-electron chi connectivity index (χ3n) is 2.67. The molecule has 0 spiro atoms. The first-order chi connectivity index (χ1) is 9.22. The van der Waals surface area contributed by atoms with Crippen molar-refractivity contribution >= 4 is 34.0 Å². The van der Waals surface area contributed by atoms with E-state index in [1.54, 1.807) is 35.6 Å². The summed E-state index contributed by atoms with van der Waals surface area (Å²) in [5.74, 6) is -0.277. The predicted molar refractivity (Wildman–Crippen MR) is 74.1 cm³/mol. The molecular formula is C14H11NO3S. The van der Waals surface area contributed by atoms with Gasteiger partial charge in [-0.1, -0.05) is 6.07 Å². The molecule has 3 aromatic rings. The second-order valence-corrected chi connectivity index (χ2v) is 5.10. The first-order valence-corrected chi connectivity index (χ1v) is 6.59. The summed E-state index contributed by atoms with van der Waals surface area (Å²) in [4.78, 5) is 12.8. The zero-order valence-electron chi connectivity index (χ0n) is 9.96. The van der Waals surface area contributed by atoms with Crippen LogP contribution in [0.3, 0.4) is 0 Å². The minimum absolute atomic E-state index is 0.192. The molecule has 0 amide bonds. The van der Waals surface area contributed by atoms with Gasteiger partial charge in [-0.2, -0.15) is 0 Å². The van der Waals surface area contributed by atoms with Gasteiger partial charge in [-0.25, -0.2) is 4.79 Å². The average Bonchev–Trinajstić information content (AvgIpc) is 3.04. The van der Waals surface area contributed by atoms with Gasteiger partial charge < -0.3 is 14.9 Å². The number of ether oxygens (including phenoxy) is 1. The number of hydrogen-bond acceptors (Lipinski definition) is 5. The first kappa shape index (κ1) is 11.8. The van der Waals surface area contributed by atoms with E-state index >= 15 is 0 Å². The summed E-state index contributed by atoms with van der Waals surface area (Å²) in [5, 5.41) is 2.73. The maximum Gasteiger partial charge on any atom is 0.374 e. The Labute approximate surface area is 113 Å². The van der Waals surface area contributed by atoms with Crippen molar-refractivity contribution in [1.82, 2.24) is 0 Å². The number of carbonyl (C=O) groups is 1. The van der Waals surface area contributed by atoms with Crippen LogP contribution in [0.5, 0.6) is 0 Å². The minimum atomic E-state index is -0.469. The van der Waals surface area contributed by atoms with E-state index in [4.69, 9.17) is 14.9 Å². The molecule has 0 saturated heterocycles. The van der Waals surface area contributed by atoms with Crippen molar-refractivity contribution in [3.05, 3.63) is 52.4 Å². The summed E-state index contributed by atoms with van der Waals surface area (Å²) in [6.07, 6.45) is 0. The molecule has 0 unspecified atom stereocenters. The van der Waals surface area contributed by atoms with E-state index in [0.29, 0.717) is 11.3 Å². The molecule has 2 aromatic heterocycles. The molecule has 19 heavy (non-hydrogen) atoms. The van der Waals surface area contributed by atoms with Crippen LogP contribution < -0.4 is 5.73 Å². The highest BCUT2D eigenvalue weighted by atomic mass is 32.1. The van der Waals surface area contributed by atoms with Crippen LogP contribution in [-0.2, 0) is 11.3 Å². The van der Waals surface area contributed by atoms with Crippen LogP contribution in [0.1, 0.15) is 15.4 Å². The number of anilines is 1. The second-order valence-electron chi connectivity index (χ2n) is 4.06. The molecule has 4 nitrogen and oxygen atoms in total. The fourth-order valence-corrected chi connectivity index (χ4v) is 2.38. The van der Waals surface area contributed by atoms with E-state index in [0.717, 1.165) is 10.3 Å². The number of fused-ring (bicyclic) bond motifs is 1. The molecule has 0 bridgehead atoms. The van der Waals surface area contributed by atoms with Crippen LogP contribution in [0.15, 0.2) is 46.2 Å². The maximum absolute atomic E-state index is 11.9. The van der Waals surface area contributed by atoms with Crippen LogP contribution in [-0.4, -0.2) is 5.97 Å². The molecule has 1 aromatic carbocycles. The van der Waals surface area contributed by atoms with Crippen LogP contribution in [0, 0.1) is 0 Å². The molecule has 2 heterocycles. The van der Waals surface area contributed by atoms with Gasteiger partial charge in [-0.05, 0) is 35.7 Å². The zero-order chi connectivity index (χ0) is 13.2. The van der Waals surface area contributed by atoms with Gasteiger partial charge in [0, 0.05) is 16.0 Å². The highest BCUT2D eigenvalue weighted by Crippen LogP contribution is 2.22. The number of benzene rings is 1. The molecule has 0 aliphatic heterocycles. The number of hydrogen-bond donors (Lipinski definition) is 1. The third-order valence-corrected chi connectivity index (χ3v) is 3.52. The summed E-state index contributed by atoms with van der Waals surface area (Å²) in [6.45, 7) is 0.260. The lowest BCUT2D eigenvalue weighted by molar-refractivity contribution is 0.0443. The molecule has 0 saturated carbocycles. The van der Waals surface area contributed by atoms with Gasteiger partial charge in [0.1, 0.15) is 12.2 Å². The summed E-state index contributed by atoms with van der Waals surface area (Å²) < 4.78 is 10.6. The standard InChI is InChI=1S/C14H11NO3S/c15-10-3-4-12-9(6-10)7-13(18-12)14(16)17-8-11-2-1-5-19-11/h1-7H,8,15H2. The van der Waals surface area contributed by atoms with Crippen molar-refractivity contribution in [1.29, 1.82) is 0 Å². The first-order valence-electron chi connectivity index (χ1n) is 5.71. The van der Waals surface area contributed by atoms with Crippen molar-refractivity contribution < 1.29 is 13.9 Å². The van der Waals surface area contributed by atoms with Gasteiger partial charge in [0.15, 0.2) is 0 Å². The summed E-state index contributed by atoms with van der Waals surface area (Å²) in [7, 11) is 0. The SMILES string of the molecule is Nc1ccc2oc(C(=O)OCc3cccs3)cc2c1. The Hall–Kier alpha value is -2.27. The van der Waals surface area contributed by atoms with Gasteiger partial charge in [0.2, 0.25) is 5.76 Å². The van der Waals surface area contributed by atoms with Crippen LogP contribution in [0.4, 0.5) is 5.69 Å². The second kappa shape index (κ2) is 4.78. The largest absolute Gasteiger partial charge is 0.454 e. The van der Waals surface area contributed by atoms with Crippen LogP contribution in [0.2, 0.25) is 0 Å². The van der Waals surface area contributed by atoms with Crippen molar-refractivity contribution in [2.45, 2.75) is 6.61 Å². The maximum atomic E-state index is 11.9. The number of thiophene rings is 1. The highest BCUT2D eigenvalue weighted by Gasteiger charge is 2.14. The molecule has 5 heteroatoms. The molecule has 0 aliphatic carbocycles. The van der Waals surface area contributed by atoms with Gasteiger partial charge in [-0.15, -0.1) is 11.3 Å². The Bertz CT molecular complexity index is 715. The van der Waals surface area contributed by atoms with Crippen molar-refractivity contribution in [2.24, 2.45) is 0 Å². The molecule has 0 aliphatic rings. The Kier molecular flexibility index (Phi) is 2.97. The minimum Gasteiger partial charge on any atom is -0.454 e.